The van der Waals surface area contributed by atoms with Crippen LogP contribution >= 0.6 is 31.9 Å². The molecule has 0 amide bonds. The zero-order valence-corrected chi connectivity index (χ0v) is 33.4. The molecule has 0 fully saturated rings. The van der Waals surface area contributed by atoms with Crippen molar-refractivity contribution < 1.29 is 28.5 Å². The summed E-state index contributed by atoms with van der Waals surface area (Å²) in [5.74, 6) is 1.69. The zero-order valence-electron chi connectivity index (χ0n) is 30.2. The highest BCUT2D eigenvalue weighted by atomic mass is 79.9. The van der Waals surface area contributed by atoms with E-state index in [1.54, 1.807) is 48.8 Å². The second-order valence-corrected chi connectivity index (χ2v) is 14.3. The predicted molar refractivity (Wildman–Crippen MR) is 216 cm³/mol. The third-order valence-electron chi connectivity index (χ3n) is 8.97. The van der Waals surface area contributed by atoms with Crippen molar-refractivity contribution in [3.05, 3.63) is 162 Å². The van der Waals surface area contributed by atoms with Crippen LogP contribution in [0.2, 0.25) is 0 Å². The minimum atomic E-state index is 0.118. The first-order valence-electron chi connectivity index (χ1n) is 17.1. The lowest BCUT2D eigenvalue weighted by atomic mass is 9.92. The number of pyridine rings is 2. The van der Waals surface area contributed by atoms with E-state index in [0.717, 1.165) is 46.0 Å². The fourth-order valence-corrected chi connectivity index (χ4v) is 6.86. The minimum Gasteiger partial charge on any atom is -0.488 e. The van der Waals surface area contributed by atoms with Gasteiger partial charge in [0.25, 0.3) is 0 Å². The molecule has 56 heavy (non-hydrogen) atoms. The third-order valence-corrected chi connectivity index (χ3v) is 10.2. The number of hydrogen-bond acceptors (Lipinski definition) is 10. The molecule has 0 saturated heterocycles. The van der Waals surface area contributed by atoms with Crippen LogP contribution in [0.25, 0.3) is 11.1 Å². The number of nitrogens with zero attached hydrogens (tertiary/aromatic N) is 4. The van der Waals surface area contributed by atoms with E-state index in [9.17, 15) is 20.1 Å². The molecular weight excluding hydrogens is 840 g/mol. The molecule has 10 nitrogen and oxygen atoms in total. The molecule has 12 heteroatoms. The van der Waals surface area contributed by atoms with Crippen molar-refractivity contribution in [3.8, 4) is 46.3 Å². The van der Waals surface area contributed by atoms with Gasteiger partial charge in [-0.05, 0) is 103 Å². The Labute approximate surface area is 340 Å². The van der Waals surface area contributed by atoms with E-state index in [0.29, 0.717) is 65.3 Å². The van der Waals surface area contributed by atoms with Crippen molar-refractivity contribution >= 4 is 44.4 Å². The Balaban J connectivity index is 1.16. The molecule has 0 spiro atoms. The number of hydrogen-bond donors (Lipinski definition) is 0. The molecule has 6 rings (SSSR count). The number of nitriles is 2. The van der Waals surface area contributed by atoms with E-state index in [4.69, 9.17) is 18.9 Å². The maximum Gasteiger partial charge on any atom is 0.153 e. The van der Waals surface area contributed by atoms with Crippen molar-refractivity contribution in [2.75, 3.05) is 0 Å². The number of carbonyl (C=O) groups is 2. The monoisotopic (exact) mass is 870 g/mol. The van der Waals surface area contributed by atoms with Crippen LogP contribution in [0.4, 0.5) is 0 Å². The van der Waals surface area contributed by atoms with Crippen LogP contribution in [0.15, 0.2) is 107 Å². The van der Waals surface area contributed by atoms with Gasteiger partial charge in [0.05, 0.1) is 31.2 Å². The van der Waals surface area contributed by atoms with E-state index in [2.05, 4.69) is 79.9 Å². The lowest BCUT2D eigenvalue weighted by Gasteiger charge is -2.18. The smallest absolute Gasteiger partial charge is 0.153 e. The number of carbonyl (C=O) groups excluding carboxylic acids is 2. The van der Waals surface area contributed by atoms with Crippen molar-refractivity contribution in [1.29, 1.82) is 10.5 Å². The lowest BCUT2D eigenvalue weighted by Crippen LogP contribution is -2.04. The summed E-state index contributed by atoms with van der Waals surface area (Å²) in [6, 6.07) is 26.3. The van der Waals surface area contributed by atoms with Gasteiger partial charge in [-0.25, -0.2) is 0 Å². The average Bonchev–Trinajstić information content (AvgIpc) is 3.22. The Morgan fingerprint density at radius 2 is 0.982 bits per heavy atom. The van der Waals surface area contributed by atoms with Gasteiger partial charge in [0.15, 0.2) is 12.6 Å². The Hall–Kier alpha value is -6.34. The first kappa shape index (κ1) is 39.4. The second-order valence-electron chi connectivity index (χ2n) is 12.6. The van der Waals surface area contributed by atoms with Crippen LogP contribution in [0, 0.1) is 36.5 Å². The van der Waals surface area contributed by atoms with Crippen LogP contribution in [-0.2, 0) is 26.4 Å². The summed E-state index contributed by atoms with van der Waals surface area (Å²) < 4.78 is 25.7. The van der Waals surface area contributed by atoms with Gasteiger partial charge in [0, 0.05) is 48.0 Å². The summed E-state index contributed by atoms with van der Waals surface area (Å²) in [6.07, 6.45) is 7.60. The van der Waals surface area contributed by atoms with E-state index in [1.807, 2.05) is 24.3 Å². The topological polar surface area (TPSA) is 144 Å². The molecular formula is C44H32Br2N4O6. The van der Waals surface area contributed by atoms with E-state index in [1.165, 1.54) is 12.4 Å². The molecule has 278 valence electrons. The number of aldehydes is 2. The molecule has 0 saturated carbocycles. The van der Waals surface area contributed by atoms with Crippen LogP contribution in [0.5, 0.6) is 23.0 Å². The van der Waals surface area contributed by atoms with Crippen LogP contribution in [0.3, 0.4) is 0 Å². The number of rotatable bonds is 15. The molecule has 0 aliphatic carbocycles. The fourth-order valence-electron chi connectivity index (χ4n) is 5.91. The number of benzene rings is 4. The Morgan fingerprint density at radius 1 is 0.571 bits per heavy atom. The normalized spacial score (nSPS) is 10.5. The lowest BCUT2D eigenvalue weighted by molar-refractivity contribution is 0.111. The molecule has 6 aromatic rings. The molecule has 0 atom stereocenters. The predicted octanol–water partition coefficient (Wildman–Crippen LogP) is 9.97. The molecule has 2 heterocycles. The summed E-state index contributed by atoms with van der Waals surface area (Å²) in [6.45, 7) is 4.85. The number of halogens is 2. The number of aromatic nitrogens is 2. The van der Waals surface area contributed by atoms with Gasteiger partial charge < -0.3 is 18.9 Å². The van der Waals surface area contributed by atoms with Crippen molar-refractivity contribution in [1.82, 2.24) is 9.97 Å². The van der Waals surface area contributed by atoms with Crippen LogP contribution in [0.1, 0.15) is 65.2 Å². The minimum absolute atomic E-state index is 0.118. The quantitative estimate of drug-likeness (QED) is 0.0915. The van der Waals surface area contributed by atoms with Crippen molar-refractivity contribution in [2.24, 2.45) is 0 Å². The zero-order chi connectivity index (χ0) is 39.6. The molecule has 2 aromatic heterocycles. The molecule has 0 N–H and O–H groups in total. The Kier molecular flexibility index (Phi) is 12.9. The highest BCUT2D eigenvalue weighted by molar-refractivity contribution is 9.11. The van der Waals surface area contributed by atoms with Gasteiger partial charge in [-0.3, -0.25) is 19.6 Å². The number of ether oxygens (including phenoxy) is 4. The summed E-state index contributed by atoms with van der Waals surface area (Å²) in [7, 11) is 0. The van der Waals surface area contributed by atoms with Crippen molar-refractivity contribution in [2.45, 2.75) is 40.3 Å². The SMILES string of the molecule is Cc1c(COc2cc(OCc3cncc(C#N)c3)c(C=O)cc2Br)cccc1-c1cccc(COc2cc(OCc3cncc(C#N)c3)c(C=O)cc2Br)c1C. The molecule has 0 aliphatic rings. The largest absolute Gasteiger partial charge is 0.488 e. The van der Waals surface area contributed by atoms with Gasteiger partial charge in [-0.15, -0.1) is 0 Å². The highest BCUT2D eigenvalue weighted by Crippen LogP contribution is 2.37. The third kappa shape index (κ3) is 9.29. The average molecular weight is 873 g/mol. The van der Waals surface area contributed by atoms with Crippen LogP contribution in [-0.4, -0.2) is 22.5 Å². The first-order valence-corrected chi connectivity index (χ1v) is 18.7. The highest BCUT2D eigenvalue weighted by Gasteiger charge is 2.16. The first-order chi connectivity index (χ1) is 27.2. The molecule has 0 unspecified atom stereocenters. The van der Waals surface area contributed by atoms with E-state index >= 15 is 0 Å². The molecule has 0 aliphatic heterocycles. The van der Waals surface area contributed by atoms with Gasteiger partial charge in [-0.2, -0.15) is 10.5 Å². The summed E-state index contributed by atoms with van der Waals surface area (Å²) in [5.41, 5.74) is 9.03. The summed E-state index contributed by atoms with van der Waals surface area (Å²) >= 11 is 7.06. The maximum atomic E-state index is 11.9. The molecule has 0 bridgehead atoms. The molecule has 0 radical (unpaired) electrons. The van der Waals surface area contributed by atoms with Gasteiger partial charge in [0.1, 0.15) is 61.6 Å². The maximum absolute atomic E-state index is 11.9. The standard InChI is InChI=1S/C44H32Br2N4O6/c1-27-33(25-55-43-13-41(35(21-51)11-39(43)45)53-23-31-9-29(15-47)17-49-19-31)5-3-7-37(27)38-8-4-6-34(28(38)2)26-56-44-14-42(36(22-52)12-40(44)46)54-24-32-10-30(16-48)18-50-20-32/h3-14,17-22H,23-26H2,1-2H3. The summed E-state index contributed by atoms with van der Waals surface area (Å²) in [5, 5.41) is 18.4. The van der Waals surface area contributed by atoms with E-state index < -0.39 is 0 Å². The Bertz CT molecular complexity index is 2350. The fraction of sp³-hybridized carbons (Fsp3) is 0.136. The van der Waals surface area contributed by atoms with Gasteiger partial charge >= 0.3 is 0 Å². The molecule has 4 aromatic carbocycles. The second kappa shape index (κ2) is 18.3. The van der Waals surface area contributed by atoms with Gasteiger partial charge in [0.2, 0.25) is 0 Å². The van der Waals surface area contributed by atoms with Gasteiger partial charge in [-0.1, -0.05) is 36.4 Å². The van der Waals surface area contributed by atoms with E-state index in [-0.39, 0.29) is 26.4 Å². The van der Waals surface area contributed by atoms with Crippen LogP contribution < -0.4 is 18.9 Å². The summed E-state index contributed by atoms with van der Waals surface area (Å²) in [4.78, 5) is 31.9. The van der Waals surface area contributed by atoms with Crippen molar-refractivity contribution in [3.63, 3.8) is 0 Å². The Morgan fingerprint density at radius 3 is 1.38 bits per heavy atom.